The average Bonchev–Trinajstić information content (AvgIpc) is 2.70. The van der Waals surface area contributed by atoms with Gasteiger partial charge in [-0.25, -0.2) is 0 Å². The Balaban J connectivity index is 1.86. The van der Waals surface area contributed by atoms with Crippen molar-refractivity contribution in [3.63, 3.8) is 0 Å². The fraction of sp³-hybridized carbons (Fsp3) is 0.130. The van der Waals surface area contributed by atoms with Gasteiger partial charge in [-0.1, -0.05) is 91.0 Å². The highest BCUT2D eigenvalue weighted by Crippen LogP contribution is 2.25. The third kappa shape index (κ3) is 4.82. The lowest BCUT2D eigenvalue weighted by molar-refractivity contribution is -0.308. The van der Waals surface area contributed by atoms with E-state index >= 15 is 0 Å². The molecule has 136 valence electrons. The maximum absolute atomic E-state index is 13.0. The first-order chi connectivity index (χ1) is 13.1. The summed E-state index contributed by atoms with van der Waals surface area (Å²) in [5.41, 5.74) is 2.43. The number of aliphatic carboxylic acids is 1. The molecule has 0 aliphatic carbocycles. The number of carbonyl (C=O) groups excluding carboxylic acids is 2. The van der Waals surface area contributed by atoms with Gasteiger partial charge in [-0.05, 0) is 23.1 Å². The summed E-state index contributed by atoms with van der Waals surface area (Å²) < 4.78 is 0. The number of amides is 1. The molecule has 3 rings (SSSR count). The minimum Gasteiger partial charge on any atom is -0.548 e. The predicted molar refractivity (Wildman–Crippen MR) is 102 cm³/mol. The fourth-order valence-electron chi connectivity index (χ4n) is 3.08. The topological polar surface area (TPSA) is 69.2 Å². The van der Waals surface area contributed by atoms with E-state index in [9.17, 15) is 14.7 Å². The summed E-state index contributed by atoms with van der Waals surface area (Å²) >= 11 is 0. The number of hydrogen-bond acceptors (Lipinski definition) is 3. The quantitative estimate of drug-likeness (QED) is 0.705. The summed E-state index contributed by atoms with van der Waals surface area (Å²) in [6.07, 6.45) is 0.172. The number of rotatable bonds is 7. The van der Waals surface area contributed by atoms with E-state index in [0.29, 0.717) is 0 Å². The Hall–Kier alpha value is -3.40. The molecule has 0 aliphatic rings. The molecule has 0 spiro atoms. The lowest BCUT2D eigenvalue weighted by Gasteiger charge is -2.24. The van der Waals surface area contributed by atoms with Crippen LogP contribution in [-0.4, -0.2) is 17.9 Å². The molecule has 27 heavy (non-hydrogen) atoms. The molecule has 4 nitrogen and oxygen atoms in total. The van der Waals surface area contributed by atoms with Gasteiger partial charge in [0.2, 0.25) is 5.91 Å². The van der Waals surface area contributed by atoms with E-state index in [4.69, 9.17) is 0 Å². The number of carboxylic acid groups (broad SMARTS) is 1. The van der Waals surface area contributed by atoms with E-state index in [1.54, 1.807) is 0 Å². The van der Waals surface area contributed by atoms with Crippen LogP contribution in [0.1, 0.15) is 22.6 Å². The van der Waals surface area contributed by atoms with Crippen molar-refractivity contribution in [2.45, 2.75) is 18.4 Å². The molecule has 1 amide bonds. The molecule has 1 N–H and O–H groups in total. The Labute approximate surface area is 158 Å². The van der Waals surface area contributed by atoms with Gasteiger partial charge in [0.25, 0.3) is 0 Å². The van der Waals surface area contributed by atoms with Gasteiger partial charge in [-0.15, -0.1) is 0 Å². The van der Waals surface area contributed by atoms with Crippen molar-refractivity contribution in [1.29, 1.82) is 0 Å². The maximum Gasteiger partial charge on any atom is 0.232 e. The highest BCUT2D eigenvalue weighted by atomic mass is 16.4. The molecule has 4 heteroatoms. The van der Waals surface area contributed by atoms with Crippen LogP contribution in [0.3, 0.4) is 0 Å². The maximum atomic E-state index is 13.0. The smallest absolute Gasteiger partial charge is 0.232 e. The van der Waals surface area contributed by atoms with E-state index in [1.165, 1.54) is 0 Å². The number of hydrogen-bond donors (Lipinski definition) is 1. The van der Waals surface area contributed by atoms with Gasteiger partial charge < -0.3 is 15.2 Å². The van der Waals surface area contributed by atoms with Crippen molar-refractivity contribution < 1.29 is 14.7 Å². The molecule has 0 unspecified atom stereocenters. The van der Waals surface area contributed by atoms with Crippen LogP contribution in [0.15, 0.2) is 91.0 Å². The van der Waals surface area contributed by atoms with Crippen LogP contribution in [0.4, 0.5) is 0 Å². The Kier molecular flexibility index (Phi) is 6.00. The van der Waals surface area contributed by atoms with Crippen LogP contribution in [0, 0.1) is 0 Å². The van der Waals surface area contributed by atoms with Crippen molar-refractivity contribution in [2.75, 3.05) is 0 Å². The molecule has 0 radical (unpaired) electrons. The second kappa shape index (κ2) is 8.81. The summed E-state index contributed by atoms with van der Waals surface area (Å²) in [7, 11) is 0. The lowest BCUT2D eigenvalue weighted by atomic mass is 9.90. The second-order valence-corrected chi connectivity index (χ2v) is 6.32. The molecule has 0 aromatic heterocycles. The molecular weight excluding hydrogens is 338 g/mol. The Bertz CT molecular complexity index is 840. The summed E-state index contributed by atoms with van der Waals surface area (Å²) in [4.78, 5) is 24.7. The molecule has 3 aromatic rings. The van der Waals surface area contributed by atoms with Gasteiger partial charge in [0.05, 0.1) is 17.9 Å². The molecule has 0 saturated carbocycles. The number of nitrogens with one attached hydrogen (secondary N) is 1. The molecule has 0 heterocycles. The van der Waals surface area contributed by atoms with Crippen LogP contribution in [0.2, 0.25) is 0 Å². The highest BCUT2D eigenvalue weighted by Gasteiger charge is 2.25. The Morgan fingerprint density at radius 3 is 1.63 bits per heavy atom. The van der Waals surface area contributed by atoms with Crippen molar-refractivity contribution in [3.8, 4) is 0 Å². The molecule has 0 fully saturated rings. The van der Waals surface area contributed by atoms with E-state index in [-0.39, 0.29) is 12.3 Å². The molecule has 0 aliphatic heterocycles. The standard InChI is InChI=1S/C23H21NO3/c25-22(24-20(23(26)27)16-17-10-4-1-5-11-17)21(18-12-6-2-7-13-18)19-14-8-3-9-15-19/h1-15,20-21H,16H2,(H,24,25)(H,26,27)/p-1/t20-/m1/s1. The fourth-order valence-corrected chi connectivity index (χ4v) is 3.08. The second-order valence-electron chi connectivity index (χ2n) is 6.32. The van der Waals surface area contributed by atoms with Crippen LogP contribution in [0.5, 0.6) is 0 Å². The Morgan fingerprint density at radius 1 is 0.741 bits per heavy atom. The van der Waals surface area contributed by atoms with Gasteiger partial charge in [0.15, 0.2) is 0 Å². The number of carboxylic acids is 1. The van der Waals surface area contributed by atoms with Crippen LogP contribution in [0.25, 0.3) is 0 Å². The lowest BCUT2D eigenvalue weighted by Crippen LogP contribution is -2.50. The summed E-state index contributed by atoms with van der Waals surface area (Å²) in [6.45, 7) is 0. The molecular formula is C23H20NO3-. The minimum absolute atomic E-state index is 0.172. The van der Waals surface area contributed by atoms with E-state index in [0.717, 1.165) is 16.7 Å². The SMILES string of the molecule is O=C(N[C@H](Cc1ccccc1)C(=O)[O-])C(c1ccccc1)c1ccccc1. The van der Waals surface area contributed by atoms with Crippen LogP contribution < -0.4 is 10.4 Å². The predicted octanol–water partition coefficient (Wildman–Crippen LogP) is 2.30. The number of carbonyl (C=O) groups is 2. The van der Waals surface area contributed by atoms with Gasteiger partial charge in [-0.2, -0.15) is 0 Å². The van der Waals surface area contributed by atoms with Gasteiger partial charge in [0, 0.05) is 0 Å². The van der Waals surface area contributed by atoms with Crippen molar-refractivity contribution >= 4 is 11.9 Å². The highest BCUT2D eigenvalue weighted by molar-refractivity contribution is 5.90. The third-order valence-corrected chi connectivity index (χ3v) is 4.41. The first-order valence-corrected chi connectivity index (χ1v) is 8.80. The summed E-state index contributed by atoms with van der Waals surface area (Å²) in [5, 5.41) is 14.3. The zero-order valence-electron chi connectivity index (χ0n) is 14.7. The van der Waals surface area contributed by atoms with Crippen molar-refractivity contribution in [2.24, 2.45) is 0 Å². The molecule has 1 atom stereocenters. The van der Waals surface area contributed by atoms with Crippen LogP contribution >= 0.6 is 0 Å². The normalized spacial score (nSPS) is 11.7. The first kappa shape index (κ1) is 18.4. The average molecular weight is 358 g/mol. The van der Waals surface area contributed by atoms with Gasteiger partial charge >= 0.3 is 0 Å². The molecule has 0 bridgehead atoms. The largest absolute Gasteiger partial charge is 0.548 e. The summed E-state index contributed by atoms with van der Waals surface area (Å²) in [6, 6.07) is 26.7. The number of benzene rings is 3. The van der Waals surface area contributed by atoms with Crippen LogP contribution in [-0.2, 0) is 16.0 Å². The summed E-state index contributed by atoms with van der Waals surface area (Å²) in [5.74, 6) is -2.25. The van der Waals surface area contributed by atoms with E-state index in [1.807, 2.05) is 91.0 Å². The first-order valence-electron chi connectivity index (χ1n) is 8.80. The zero-order valence-corrected chi connectivity index (χ0v) is 14.7. The Morgan fingerprint density at radius 2 is 1.19 bits per heavy atom. The van der Waals surface area contributed by atoms with Crippen molar-refractivity contribution in [1.82, 2.24) is 5.32 Å². The van der Waals surface area contributed by atoms with Crippen molar-refractivity contribution in [3.05, 3.63) is 108 Å². The van der Waals surface area contributed by atoms with Gasteiger partial charge in [0.1, 0.15) is 0 Å². The monoisotopic (exact) mass is 358 g/mol. The molecule has 3 aromatic carbocycles. The van der Waals surface area contributed by atoms with Gasteiger partial charge in [-0.3, -0.25) is 4.79 Å². The minimum atomic E-state index is -1.30. The third-order valence-electron chi connectivity index (χ3n) is 4.41. The molecule has 0 saturated heterocycles. The van der Waals surface area contributed by atoms with E-state index < -0.39 is 17.9 Å². The van der Waals surface area contributed by atoms with E-state index in [2.05, 4.69) is 5.32 Å². The zero-order chi connectivity index (χ0) is 19.1.